The van der Waals surface area contributed by atoms with Gasteiger partial charge < -0.3 is 19.7 Å². The van der Waals surface area contributed by atoms with Crippen LogP contribution < -0.4 is 4.90 Å². The number of hydrogen-bond acceptors (Lipinski definition) is 3. The number of aromatic nitrogens is 1. The van der Waals surface area contributed by atoms with Crippen LogP contribution in [0, 0.1) is 5.92 Å². The Balaban J connectivity index is 1.31. The van der Waals surface area contributed by atoms with E-state index in [4.69, 9.17) is 11.6 Å². The Morgan fingerprint density at radius 3 is 2.36 bits per heavy atom. The minimum atomic E-state index is -0.616. The molecule has 2 aliphatic rings. The second-order valence-electron chi connectivity index (χ2n) is 12.2. The minimum Gasteiger partial charge on any atom is -0.368 e. The molecule has 0 saturated carbocycles. The number of amides is 2. The highest BCUT2D eigenvalue weighted by molar-refractivity contribution is 6.30. The fraction of sp³-hybridized carbons (Fsp3) is 0.263. The molecule has 5 aromatic rings. The Kier molecular flexibility index (Phi) is 7.84. The van der Waals surface area contributed by atoms with Crippen molar-refractivity contribution in [3.63, 3.8) is 0 Å². The zero-order chi connectivity index (χ0) is 31.1. The normalized spacial score (nSPS) is 17.9. The number of aromatic amines is 1. The summed E-state index contributed by atoms with van der Waals surface area (Å²) < 4.78 is 0. The Labute approximate surface area is 269 Å². The van der Waals surface area contributed by atoms with Crippen molar-refractivity contribution in [2.75, 3.05) is 31.1 Å². The molecule has 1 fully saturated rings. The van der Waals surface area contributed by atoms with Gasteiger partial charge in [0.2, 0.25) is 5.91 Å². The smallest absolute Gasteiger partial charge is 0.255 e. The molecule has 2 amide bonds. The van der Waals surface area contributed by atoms with Gasteiger partial charge >= 0.3 is 0 Å². The first-order chi connectivity index (χ1) is 22.0. The van der Waals surface area contributed by atoms with Crippen molar-refractivity contribution in [1.29, 1.82) is 0 Å². The third-order valence-corrected chi connectivity index (χ3v) is 9.82. The molecule has 2 aliphatic heterocycles. The highest BCUT2D eigenvalue weighted by Gasteiger charge is 2.48. The second-order valence-corrected chi connectivity index (χ2v) is 12.6. The maximum atomic E-state index is 14.7. The number of piperazine rings is 1. The van der Waals surface area contributed by atoms with Crippen LogP contribution in [-0.2, 0) is 4.79 Å². The van der Waals surface area contributed by atoms with Crippen LogP contribution in [-0.4, -0.2) is 58.8 Å². The molecule has 7 rings (SSSR count). The van der Waals surface area contributed by atoms with E-state index in [2.05, 4.69) is 60.1 Å². The summed E-state index contributed by atoms with van der Waals surface area (Å²) in [4.78, 5) is 39.0. The number of nitrogens with zero attached hydrogens (tertiary/aromatic N) is 3. The summed E-state index contributed by atoms with van der Waals surface area (Å²) >= 11 is 6.27. The maximum absolute atomic E-state index is 14.7. The fourth-order valence-electron chi connectivity index (χ4n) is 7.10. The number of benzene rings is 4. The van der Waals surface area contributed by atoms with Gasteiger partial charge in [-0.05, 0) is 47.4 Å². The number of carbonyl (C=O) groups excluding carboxylic acids is 2. The Morgan fingerprint density at radius 1 is 0.889 bits per heavy atom. The van der Waals surface area contributed by atoms with Crippen LogP contribution in [0.4, 0.5) is 5.69 Å². The van der Waals surface area contributed by atoms with Gasteiger partial charge in [0.05, 0.1) is 11.7 Å². The Morgan fingerprint density at radius 2 is 1.60 bits per heavy atom. The molecule has 228 valence electrons. The van der Waals surface area contributed by atoms with Crippen LogP contribution in [0.3, 0.4) is 0 Å². The minimum absolute atomic E-state index is 0.0161. The number of carbonyl (C=O) groups is 2. The van der Waals surface area contributed by atoms with Gasteiger partial charge in [0.1, 0.15) is 6.04 Å². The summed E-state index contributed by atoms with van der Waals surface area (Å²) in [6.07, 6.45) is 0.769. The standard InChI is InChI=1S/C38H37ClN4O2/c1-3-25(2)35(38(45)42-22-20-41(21-23-42)28-15-11-14-27(39)24-28)43-36(29-16-7-8-17-30(29)37(43)44)33-31-18-9-10-19-32(31)40-34(33)26-12-5-4-6-13-26/h4-19,24-25,35-36,40H,3,20-23H2,1-2H3. The Hall–Kier alpha value is -4.55. The van der Waals surface area contributed by atoms with Crippen molar-refractivity contribution >= 4 is 40.0 Å². The summed E-state index contributed by atoms with van der Waals surface area (Å²) in [6.45, 7) is 6.78. The van der Waals surface area contributed by atoms with E-state index in [-0.39, 0.29) is 17.7 Å². The van der Waals surface area contributed by atoms with Crippen molar-refractivity contribution in [2.45, 2.75) is 32.4 Å². The molecule has 1 N–H and O–H groups in total. The lowest BCUT2D eigenvalue weighted by Crippen LogP contribution is -2.57. The van der Waals surface area contributed by atoms with E-state index in [1.54, 1.807) is 0 Å². The first-order valence-electron chi connectivity index (χ1n) is 15.8. The molecule has 1 aromatic heterocycles. The Bertz CT molecular complexity index is 1860. The number of nitrogens with one attached hydrogen (secondary N) is 1. The number of fused-ring (bicyclic) bond motifs is 2. The van der Waals surface area contributed by atoms with Crippen molar-refractivity contribution < 1.29 is 9.59 Å². The van der Waals surface area contributed by atoms with Crippen molar-refractivity contribution in [3.05, 3.63) is 125 Å². The molecule has 3 atom stereocenters. The third kappa shape index (κ3) is 5.17. The SMILES string of the molecule is CCC(C)C(C(=O)N1CCN(c2cccc(Cl)c2)CC1)N1C(=O)c2ccccc2C1c1c(-c2ccccc2)[nH]c2ccccc12. The summed E-state index contributed by atoms with van der Waals surface area (Å²) in [5, 5.41) is 1.76. The summed E-state index contributed by atoms with van der Waals surface area (Å²) in [5.41, 5.74) is 6.72. The molecule has 7 heteroatoms. The van der Waals surface area contributed by atoms with Crippen LogP contribution in [0.1, 0.15) is 47.8 Å². The summed E-state index contributed by atoms with van der Waals surface area (Å²) in [7, 11) is 0. The lowest BCUT2D eigenvalue weighted by atomic mass is 9.90. The van der Waals surface area contributed by atoms with Gasteiger partial charge in [-0.2, -0.15) is 0 Å². The van der Waals surface area contributed by atoms with E-state index in [1.807, 2.05) is 76.5 Å². The summed E-state index contributed by atoms with van der Waals surface area (Å²) in [6, 6.07) is 33.2. The van der Waals surface area contributed by atoms with Crippen molar-refractivity contribution in [3.8, 4) is 11.3 Å². The predicted molar refractivity (Wildman–Crippen MR) is 182 cm³/mol. The number of anilines is 1. The van der Waals surface area contributed by atoms with Crippen LogP contribution in [0.25, 0.3) is 22.2 Å². The molecule has 3 unspecified atom stereocenters. The van der Waals surface area contributed by atoms with Gasteiger partial charge in [0.15, 0.2) is 0 Å². The van der Waals surface area contributed by atoms with Crippen LogP contribution in [0.2, 0.25) is 5.02 Å². The molecular weight excluding hydrogens is 580 g/mol. The van der Waals surface area contributed by atoms with E-state index in [9.17, 15) is 9.59 Å². The lowest BCUT2D eigenvalue weighted by Gasteiger charge is -2.42. The monoisotopic (exact) mass is 616 g/mol. The molecule has 0 aliphatic carbocycles. The molecule has 0 radical (unpaired) electrons. The number of hydrogen-bond donors (Lipinski definition) is 1. The summed E-state index contributed by atoms with van der Waals surface area (Å²) in [5.74, 6) is -0.118. The molecule has 0 spiro atoms. The zero-order valence-electron chi connectivity index (χ0n) is 25.6. The molecule has 45 heavy (non-hydrogen) atoms. The highest BCUT2D eigenvalue weighted by Crippen LogP contribution is 2.47. The van der Waals surface area contributed by atoms with E-state index >= 15 is 0 Å². The lowest BCUT2D eigenvalue weighted by molar-refractivity contribution is -0.138. The largest absolute Gasteiger partial charge is 0.368 e. The van der Waals surface area contributed by atoms with Crippen molar-refractivity contribution in [1.82, 2.24) is 14.8 Å². The van der Waals surface area contributed by atoms with E-state index < -0.39 is 12.1 Å². The van der Waals surface area contributed by atoms with E-state index in [1.165, 1.54) is 0 Å². The molecule has 0 bridgehead atoms. The maximum Gasteiger partial charge on any atom is 0.255 e. The fourth-order valence-corrected chi connectivity index (χ4v) is 7.29. The molecule has 1 saturated heterocycles. The topological polar surface area (TPSA) is 59.7 Å². The van der Waals surface area contributed by atoms with Gasteiger partial charge in [0.25, 0.3) is 5.91 Å². The first-order valence-corrected chi connectivity index (χ1v) is 16.2. The molecule has 6 nitrogen and oxygen atoms in total. The average Bonchev–Trinajstić information content (AvgIpc) is 3.60. The van der Waals surface area contributed by atoms with Crippen LogP contribution in [0.15, 0.2) is 103 Å². The quantitative estimate of drug-likeness (QED) is 0.203. The van der Waals surface area contributed by atoms with Gasteiger partial charge in [-0.15, -0.1) is 0 Å². The molecule has 3 heterocycles. The van der Waals surface area contributed by atoms with Crippen LogP contribution >= 0.6 is 11.6 Å². The first kappa shape index (κ1) is 29.2. The van der Waals surface area contributed by atoms with Gasteiger partial charge in [-0.1, -0.05) is 105 Å². The second kappa shape index (κ2) is 12.1. The van der Waals surface area contributed by atoms with Gasteiger partial charge in [0, 0.05) is 58.9 Å². The third-order valence-electron chi connectivity index (χ3n) is 9.58. The van der Waals surface area contributed by atoms with E-state index in [0.29, 0.717) is 36.8 Å². The molecular formula is C38H37ClN4O2. The number of H-pyrrole nitrogens is 1. The van der Waals surface area contributed by atoms with E-state index in [0.717, 1.165) is 45.4 Å². The number of rotatable bonds is 7. The zero-order valence-corrected chi connectivity index (χ0v) is 26.4. The van der Waals surface area contributed by atoms with Crippen molar-refractivity contribution in [2.24, 2.45) is 5.92 Å². The highest BCUT2D eigenvalue weighted by atomic mass is 35.5. The van der Waals surface area contributed by atoms with Gasteiger partial charge in [-0.3, -0.25) is 9.59 Å². The van der Waals surface area contributed by atoms with Gasteiger partial charge in [-0.25, -0.2) is 0 Å². The average molecular weight is 617 g/mol. The predicted octanol–water partition coefficient (Wildman–Crippen LogP) is 7.80. The number of para-hydroxylation sites is 1. The van der Waals surface area contributed by atoms with Crippen LogP contribution in [0.5, 0.6) is 0 Å². The molecule has 4 aromatic carbocycles. The number of halogens is 1.